The van der Waals surface area contributed by atoms with Crippen molar-refractivity contribution >= 4 is 5.91 Å². The van der Waals surface area contributed by atoms with Gasteiger partial charge in [0.05, 0.1) is 0 Å². The normalized spacial score (nSPS) is 26.7. The van der Waals surface area contributed by atoms with Crippen LogP contribution in [0.25, 0.3) is 0 Å². The van der Waals surface area contributed by atoms with Gasteiger partial charge < -0.3 is 4.90 Å². The molecule has 0 fully saturated rings. The second kappa shape index (κ2) is 2.60. The van der Waals surface area contributed by atoms with Crippen LogP contribution in [0.5, 0.6) is 0 Å². The Morgan fingerprint density at radius 2 is 2.08 bits per heavy atom. The quantitative estimate of drug-likeness (QED) is 0.556. The van der Waals surface area contributed by atoms with Crippen molar-refractivity contribution in [2.75, 3.05) is 13.6 Å². The second-order valence-electron chi connectivity index (χ2n) is 4.88. The lowest BCUT2D eigenvalue weighted by Crippen LogP contribution is -2.28. The van der Waals surface area contributed by atoms with Gasteiger partial charge in [0.15, 0.2) is 0 Å². The van der Waals surface area contributed by atoms with Crippen LogP contribution < -0.4 is 0 Å². The van der Waals surface area contributed by atoms with Crippen molar-refractivity contribution < 1.29 is 4.79 Å². The highest BCUT2D eigenvalue weighted by Gasteiger charge is 2.39. The molecule has 1 amide bonds. The molecule has 0 aromatic carbocycles. The summed E-state index contributed by atoms with van der Waals surface area (Å²) in [6.07, 6.45) is 3.53. The van der Waals surface area contributed by atoms with Crippen LogP contribution in [0, 0.1) is 5.41 Å². The molecule has 0 saturated heterocycles. The van der Waals surface area contributed by atoms with Crippen molar-refractivity contribution in [2.45, 2.75) is 33.1 Å². The summed E-state index contributed by atoms with van der Waals surface area (Å²) in [5.41, 5.74) is 2.63. The van der Waals surface area contributed by atoms with E-state index in [0.717, 1.165) is 25.0 Å². The minimum atomic E-state index is 0.120. The Labute approximate surface area is 79.6 Å². The van der Waals surface area contributed by atoms with Gasteiger partial charge in [-0.3, -0.25) is 4.79 Å². The Balaban J connectivity index is 2.42. The topological polar surface area (TPSA) is 20.3 Å². The van der Waals surface area contributed by atoms with E-state index in [4.69, 9.17) is 0 Å². The van der Waals surface area contributed by atoms with Gasteiger partial charge in [-0.15, -0.1) is 0 Å². The average Bonchev–Trinajstić information content (AvgIpc) is 2.28. The molecule has 0 bridgehead atoms. The van der Waals surface area contributed by atoms with E-state index in [1.54, 1.807) is 0 Å². The number of likely N-dealkylation sites (N-methyl/N-ethyl adjacent to an activating group) is 1. The summed E-state index contributed by atoms with van der Waals surface area (Å²) >= 11 is 0. The number of hydrogen-bond acceptors (Lipinski definition) is 1. The van der Waals surface area contributed by atoms with Crippen LogP contribution in [0.15, 0.2) is 11.1 Å². The Morgan fingerprint density at radius 1 is 1.38 bits per heavy atom. The number of carbonyl (C=O) groups is 1. The highest BCUT2D eigenvalue weighted by molar-refractivity contribution is 5.98. The first kappa shape index (κ1) is 8.79. The Morgan fingerprint density at radius 3 is 2.69 bits per heavy atom. The minimum Gasteiger partial charge on any atom is -0.338 e. The average molecular weight is 179 g/mol. The molecule has 1 aliphatic heterocycles. The molecule has 0 aromatic rings. The van der Waals surface area contributed by atoms with Crippen molar-refractivity contribution in [1.29, 1.82) is 0 Å². The summed E-state index contributed by atoms with van der Waals surface area (Å²) in [4.78, 5) is 13.7. The van der Waals surface area contributed by atoms with Gasteiger partial charge in [0.25, 0.3) is 0 Å². The molecule has 0 unspecified atom stereocenters. The third-order valence-corrected chi connectivity index (χ3v) is 3.30. The van der Waals surface area contributed by atoms with E-state index in [0.29, 0.717) is 0 Å². The number of hydrogen-bond donors (Lipinski definition) is 0. The van der Waals surface area contributed by atoms with Crippen LogP contribution in [0.2, 0.25) is 0 Å². The summed E-state index contributed by atoms with van der Waals surface area (Å²) < 4.78 is 0. The van der Waals surface area contributed by atoms with Crippen LogP contribution in [0.3, 0.4) is 0 Å². The van der Waals surface area contributed by atoms with Crippen molar-refractivity contribution in [2.24, 2.45) is 5.41 Å². The van der Waals surface area contributed by atoms with E-state index < -0.39 is 0 Å². The second-order valence-corrected chi connectivity index (χ2v) is 4.88. The van der Waals surface area contributed by atoms with Crippen molar-refractivity contribution in [3.8, 4) is 0 Å². The highest BCUT2D eigenvalue weighted by Crippen LogP contribution is 2.43. The van der Waals surface area contributed by atoms with Crippen LogP contribution in [-0.2, 0) is 4.79 Å². The van der Waals surface area contributed by atoms with E-state index in [2.05, 4.69) is 13.8 Å². The van der Waals surface area contributed by atoms with Gasteiger partial charge in [-0.05, 0) is 30.3 Å². The smallest absolute Gasteiger partial charge is 0.250 e. The maximum Gasteiger partial charge on any atom is 0.250 e. The highest BCUT2D eigenvalue weighted by atomic mass is 16.2. The molecule has 2 heteroatoms. The summed E-state index contributed by atoms with van der Waals surface area (Å²) in [6.45, 7) is 5.26. The molecule has 0 saturated carbocycles. The zero-order valence-corrected chi connectivity index (χ0v) is 8.68. The van der Waals surface area contributed by atoms with Gasteiger partial charge in [0.1, 0.15) is 0 Å². The van der Waals surface area contributed by atoms with Gasteiger partial charge >= 0.3 is 0 Å². The fourth-order valence-corrected chi connectivity index (χ4v) is 2.62. The lowest BCUT2D eigenvalue weighted by Gasteiger charge is -2.30. The monoisotopic (exact) mass is 179 g/mol. The van der Waals surface area contributed by atoms with Crippen molar-refractivity contribution in [1.82, 2.24) is 4.90 Å². The third-order valence-electron chi connectivity index (χ3n) is 3.30. The molecule has 2 aliphatic rings. The van der Waals surface area contributed by atoms with Gasteiger partial charge in [0, 0.05) is 19.2 Å². The zero-order chi connectivity index (χ0) is 9.64. The summed E-state index contributed by atoms with van der Waals surface area (Å²) in [6, 6.07) is 0. The number of amides is 1. The molecule has 1 heterocycles. The number of nitrogens with zero attached hydrogens (tertiary/aromatic N) is 1. The predicted molar refractivity (Wildman–Crippen MR) is 52.3 cm³/mol. The van der Waals surface area contributed by atoms with Crippen LogP contribution in [0.1, 0.15) is 33.1 Å². The fourth-order valence-electron chi connectivity index (χ4n) is 2.62. The third kappa shape index (κ3) is 1.19. The molecule has 0 radical (unpaired) electrons. The number of carbonyl (C=O) groups excluding carboxylic acids is 1. The Bertz CT molecular complexity index is 288. The molecule has 0 aromatic heterocycles. The first-order chi connectivity index (χ1) is 6.02. The Hall–Kier alpha value is -0.790. The van der Waals surface area contributed by atoms with E-state index in [1.165, 1.54) is 12.0 Å². The maximum absolute atomic E-state index is 11.8. The van der Waals surface area contributed by atoms with Gasteiger partial charge in [-0.25, -0.2) is 0 Å². The molecular formula is C11H17NO. The summed E-state index contributed by atoms with van der Waals surface area (Å²) in [7, 11) is 1.90. The minimum absolute atomic E-state index is 0.120. The SMILES string of the molecule is CN1CC2=C(C1=O)C(C)(C)CCC2. The molecule has 2 nitrogen and oxygen atoms in total. The lowest BCUT2D eigenvalue weighted by atomic mass is 9.73. The molecule has 2 rings (SSSR count). The molecule has 1 aliphatic carbocycles. The molecule has 72 valence electrons. The molecular weight excluding hydrogens is 162 g/mol. The van der Waals surface area contributed by atoms with Gasteiger partial charge in [0.2, 0.25) is 5.91 Å². The maximum atomic E-state index is 11.8. The van der Waals surface area contributed by atoms with E-state index in [9.17, 15) is 4.79 Å². The predicted octanol–water partition coefficient (Wildman–Crippen LogP) is 1.97. The molecule has 0 spiro atoms. The summed E-state index contributed by atoms with van der Waals surface area (Å²) in [5, 5.41) is 0. The molecule has 0 atom stereocenters. The Kier molecular flexibility index (Phi) is 1.76. The standard InChI is InChI=1S/C11H17NO/c1-11(2)6-4-5-8-7-12(3)10(13)9(8)11/h4-7H2,1-3H3. The first-order valence-electron chi connectivity index (χ1n) is 5.00. The van der Waals surface area contributed by atoms with Crippen LogP contribution >= 0.6 is 0 Å². The van der Waals surface area contributed by atoms with Crippen LogP contribution in [-0.4, -0.2) is 24.4 Å². The van der Waals surface area contributed by atoms with Crippen LogP contribution in [0.4, 0.5) is 0 Å². The van der Waals surface area contributed by atoms with Gasteiger partial charge in [-0.2, -0.15) is 0 Å². The lowest BCUT2D eigenvalue weighted by molar-refractivity contribution is -0.125. The summed E-state index contributed by atoms with van der Waals surface area (Å²) in [5.74, 6) is 0.264. The molecule has 0 N–H and O–H groups in total. The zero-order valence-electron chi connectivity index (χ0n) is 8.68. The van der Waals surface area contributed by atoms with Gasteiger partial charge in [-0.1, -0.05) is 13.8 Å². The largest absolute Gasteiger partial charge is 0.338 e. The number of rotatable bonds is 0. The van der Waals surface area contributed by atoms with Crippen molar-refractivity contribution in [3.63, 3.8) is 0 Å². The van der Waals surface area contributed by atoms with E-state index >= 15 is 0 Å². The van der Waals surface area contributed by atoms with Crippen molar-refractivity contribution in [3.05, 3.63) is 11.1 Å². The van der Waals surface area contributed by atoms with E-state index in [1.807, 2.05) is 11.9 Å². The fraction of sp³-hybridized carbons (Fsp3) is 0.727. The molecule has 13 heavy (non-hydrogen) atoms. The first-order valence-corrected chi connectivity index (χ1v) is 5.00. The van der Waals surface area contributed by atoms with E-state index in [-0.39, 0.29) is 11.3 Å².